The molecule has 0 fully saturated rings. The van der Waals surface area contributed by atoms with Gasteiger partial charge in [0.1, 0.15) is 22.9 Å². The first-order valence-electron chi connectivity index (χ1n) is 10.7. The fraction of sp³-hybridized carbons (Fsp3) is 0.0769. The second-order valence-electron chi connectivity index (χ2n) is 7.57. The second kappa shape index (κ2) is 12.1. The Hall–Kier alpha value is -3.30. The molecule has 10 heteroatoms. The summed E-state index contributed by atoms with van der Waals surface area (Å²) in [6.07, 6.45) is 1.36. The number of halogens is 3. The average molecular weight is 544 g/mol. The smallest absolute Gasteiger partial charge is 0.257 e. The lowest BCUT2D eigenvalue weighted by atomic mass is 10.1. The van der Waals surface area contributed by atoms with E-state index in [9.17, 15) is 9.18 Å². The summed E-state index contributed by atoms with van der Waals surface area (Å²) >= 11 is 13.3. The molecule has 1 amide bonds. The van der Waals surface area contributed by atoms with Gasteiger partial charge >= 0.3 is 0 Å². The number of ether oxygens (including phenoxy) is 1. The van der Waals surface area contributed by atoms with Gasteiger partial charge in [0.25, 0.3) is 5.91 Å². The minimum Gasteiger partial charge on any atom is -0.438 e. The molecule has 1 unspecified atom stereocenters. The van der Waals surface area contributed by atoms with Crippen LogP contribution >= 0.6 is 35.1 Å². The first kappa shape index (κ1) is 25.8. The number of pyridine rings is 1. The molecule has 0 spiro atoms. The summed E-state index contributed by atoms with van der Waals surface area (Å²) in [6.45, 7) is 1.85. The molecule has 1 heterocycles. The lowest BCUT2D eigenvalue weighted by Crippen LogP contribution is -2.27. The van der Waals surface area contributed by atoms with Gasteiger partial charge in [0.05, 0.1) is 11.1 Å². The molecule has 1 atom stereocenters. The summed E-state index contributed by atoms with van der Waals surface area (Å²) in [4.78, 5) is 26.3. The number of nitrogens with zero attached hydrogens (tertiary/aromatic N) is 1. The Labute approximate surface area is 221 Å². The molecular formula is C26H20Cl2FN3O3S. The number of carbonyl (C=O) groups is 1. The van der Waals surface area contributed by atoms with E-state index in [0.717, 1.165) is 10.5 Å². The van der Waals surface area contributed by atoms with Crippen LogP contribution in [-0.4, -0.2) is 10.9 Å². The monoisotopic (exact) mass is 543 g/mol. The first-order chi connectivity index (χ1) is 17.4. The number of amides is 1. The fourth-order valence-electron chi connectivity index (χ4n) is 3.14. The minimum atomic E-state index is -0.464. The number of hydrogen-bond donors (Lipinski definition) is 2. The van der Waals surface area contributed by atoms with Crippen LogP contribution in [0.3, 0.4) is 0 Å². The summed E-state index contributed by atoms with van der Waals surface area (Å²) in [5.41, 5.74) is 1.01. The van der Waals surface area contributed by atoms with Gasteiger partial charge in [-0.25, -0.2) is 9.37 Å². The average Bonchev–Trinajstić information content (AvgIpc) is 2.85. The van der Waals surface area contributed by atoms with Crippen LogP contribution in [0.15, 0.2) is 90.0 Å². The van der Waals surface area contributed by atoms with Gasteiger partial charge < -0.3 is 14.9 Å². The molecule has 0 aliphatic heterocycles. The van der Waals surface area contributed by atoms with Crippen molar-refractivity contribution >= 4 is 41.1 Å². The van der Waals surface area contributed by atoms with Crippen LogP contribution in [0.1, 0.15) is 28.9 Å². The minimum absolute atomic E-state index is 0.0206. The second-order valence-corrected chi connectivity index (χ2v) is 9.29. The Kier molecular flexibility index (Phi) is 8.66. The van der Waals surface area contributed by atoms with Gasteiger partial charge in [-0.15, -0.1) is 0 Å². The van der Waals surface area contributed by atoms with Crippen molar-refractivity contribution in [3.63, 3.8) is 0 Å². The van der Waals surface area contributed by atoms with Gasteiger partial charge in [-0.2, -0.15) is 0 Å². The lowest BCUT2D eigenvalue weighted by Gasteiger charge is -2.16. The highest BCUT2D eigenvalue weighted by Crippen LogP contribution is 2.27. The normalized spacial score (nSPS) is 11.6. The van der Waals surface area contributed by atoms with Crippen molar-refractivity contribution in [1.29, 1.82) is 0 Å². The van der Waals surface area contributed by atoms with Crippen molar-refractivity contribution in [3.8, 4) is 17.4 Å². The van der Waals surface area contributed by atoms with Crippen LogP contribution in [0.4, 0.5) is 4.39 Å². The van der Waals surface area contributed by atoms with E-state index in [0.29, 0.717) is 10.8 Å². The maximum absolute atomic E-state index is 13.5. The topological polar surface area (TPSA) is 72.5 Å². The number of nitrogens with one attached hydrogen (secondary N) is 2. The van der Waals surface area contributed by atoms with Crippen LogP contribution in [0.5, 0.6) is 17.4 Å². The molecule has 0 saturated heterocycles. The van der Waals surface area contributed by atoms with Gasteiger partial charge in [0.15, 0.2) is 0 Å². The molecule has 4 rings (SSSR count). The van der Waals surface area contributed by atoms with E-state index in [1.54, 1.807) is 30.3 Å². The van der Waals surface area contributed by atoms with Crippen LogP contribution in [0, 0.1) is 5.82 Å². The molecule has 0 bridgehead atoms. The van der Waals surface area contributed by atoms with E-state index >= 15 is 0 Å². The van der Waals surface area contributed by atoms with Gasteiger partial charge in [0, 0.05) is 28.2 Å². The van der Waals surface area contributed by atoms with Crippen molar-refractivity contribution in [2.45, 2.75) is 17.9 Å². The summed E-state index contributed by atoms with van der Waals surface area (Å²) in [5, 5.41) is 3.77. The Balaban J connectivity index is 1.37. The van der Waals surface area contributed by atoms with E-state index in [1.807, 2.05) is 31.2 Å². The van der Waals surface area contributed by atoms with Crippen molar-refractivity contribution in [2.75, 3.05) is 0 Å². The van der Waals surface area contributed by atoms with Crippen molar-refractivity contribution < 1.29 is 18.8 Å². The van der Waals surface area contributed by atoms with Crippen molar-refractivity contribution in [3.05, 3.63) is 112 Å². The third-order valence-corrected chi connectivity index (χ3v) is 6.03. The third-order valence-electron chi connectivity index (χ3n) is 4.92. The molecule has 4 aromatic rings. The zero-order valence-electron chi connectivity index (χ0n) is 18.9. The quantitative estimate of drug-likeness (QED) is 0.169. The summed E-state index contributed by atoms with van der Waals surface area (Å²) in [6, 6.07) is 21.3. The molecule has 3 aromatic carbocycles. The van der Waals surface area contributed by atoms with E-state index in [-0.39, 0.29) is 28.3 Å². The molecule has 36 heavy (non-hydrogen) atoms. The number of aromatic nitrogens is 1. The maximum Gasteiger partial charge on any atom is 0.257 e. The first-order valence-corrected chi connectivity index (χ1v) is 12.3. The number of benzene rings is 3. The Morgan fingerprint density at radius 1 is 0.972 bits per heavy atom. The molecular weight excluding hydrogens is 524 g/mol. The Morgan fingerprint density at radius 3 is 2.47 bits per heavy atom. The zero-order chi connectivity index (χ0) is 25.5. The molecule has 184 valence electrons. The molecule has 6 nitrogen and oxygen atoms in total. The predicted molar refractivity (Wildman–Crippen MR) is 139 cm³/mol. The Morgan fingerprint density at radius 2 is 1.72 bits per heavy atom. The largest absolute Gasteiger partial charge is 0.438 e. The SMILES string of the molecule is CC(NC(=O)c1cc(Cl)cnc1Oc1cccc(F)c1)c1ccc(SNOc2cccc(Cl)c2)cc1. The van der Waals surface area contributed by atoms with Gasteiger partial charge in [-0.3, -0.25) is 4.79 Å². The van der Waals surface area contributed by atoms with Crippen molar-refractivity contribution in [2.24, 2.45) is 0 Å². The zero-order valence-corrected chi connectivity index (χ0v) is 21.2. The fourth-order valence-corrected chi connectivity index (χ4v) is 3.99. The van der Waals surface area contributed by atoms with Gasteiger partial charge in [-0.1, -0.05) is 52.4 Å². The number of hydrogen-bond acceptors (Lipinski definition) is 6. The Bertz CT molecular complexity index is 1360. The standard InChI is InChI=1S/C26H20Cl2FN3O3S/c1-16(17-8-10-23(11-9-17)36-32-35-22-7-2-4-18(27)12-22)31-25(33)24-13-19(28)15-30-26(24)34-21-6-3-5-20(29)14-21/h2-16,32H,1H3,(H,31,33). The van der Waals surface area contributed by atoms with Gasteiger partial charge in [-0.05, 0) is 66.9 Å². The van der Waals surface area contributed by atoms with Gasteiger partial charge in [0.2, 0.25) is 5.88 Å². The third kappa shape index (κ3) is 7.11. The van der Waals surface area contributed by atoms with E-state index < -0.39 is 11.7 Å². The van der Waals surface area contributed by atoms with Crippen LogP contribution in [-0.2, 0) is 0 Å². The number of carbonyl (C=O) groups excluding carboxylic acids is 1. The van der Waals surface area contributed by atoms with Crippen LogP contribution in [0.25, 0.3) is 0 Å². The molecule has 0 radical (unpaired) electrons. The number of rotatable bonds is 9. The van der Waals surface area contributed by atoms with E-state index in [2.05, 4.69) is 15.2 Å². The maximum atomic E-state index is 13.5. The predicted octanol–water partition coefficient (Wildman–Crippen LogP) is 7.40. The summed E-state index contributed by atoms with van der Waals surface area (Å²) in [5.74, 6) is -0.0627. The summed E-state index contributed by atoms with van der Waals surface area (Å²) in [7, 11) is 0. The van der Waals surface area contributed by atoms with Crippen LogP contribution < -0.4 is 19.8 Å². The highest BCUT2D eigenvalue weighted by atomic mass is 35.5. The highest BCUT2D eigenvalue weighted by molar-refractivity contribution is 7.97. The van der Waals surface area contributed by atoms with E-state index in [4.69, 9.17) is 32.8 Å². The van der Waals surface area contributed by atoms with E-state index in [1.165, 1.54) is 42.4 Å². The summed E-state index contributed by atoms with van der Waals surface area (Å²) < 4.78 is 19.2. The molecule has 1 aromatic heterocycles. The molecule has 0 aliphatic rings. The molecule has 0 saturated carbocycles. The molecule has 0 aliphatic carbocycles. The highest BCUT2D eigenvalue weighted by Gasteiger charge is 2.19. The van der Waals surface area contributed by atoms with Crippen molar-refractivity contribution in [1.82, 2.24) is 15.2 Å². The van der Waals surface area contributed by atoms with Crippen LogP contribution in [0.2, 0.25) is 10.0 Å². The lowest BCUT2D eigenvalue weighted by molar-refractivity contribution is 0.0937. The molecule has 2 N–H and O–H groups in total.